The molecule has 0 fully saturated rings. The second-order valence-corrected chi connectivity index (χ2v) is 7.43. The van der Waals surface area contributed by atoms with Crippen molar-refractivity contribution in [1.29, 1.82) is 0 Å². The van der Waals surface area contributed by atoms with Crippen molar-refractivity contribution in [2.75, 3.05) is 0 Å². The van der Waals surface area contributed by atoms with Crippen molar-refractivity contribution >= 4 is 16.7 Å². The number of fused-ring (bicyclic) bond motifs is 5. The maximum atomic E-state index is 13.5. The van der Waals surface area contributed by atoms with Crippen molar-refractivity contribution in [3.63, 3.8) is 0 Å². The molecule has 2 heteroatoms. The number of aromatic nitrogens is 1. The second kappa shape index (κ2) is 5.62. The average Bonchev–Trinajstić information content (AvgIpc) is 2.95. The van der Waals surface area contributed by atoms with E-state index < -0.39 is 0 Å². The van der Waals surface area contributed by atoms with E-state index in [2.05, 4.69) is 44.2 Å². The van der Waals surface area contributed by atoms with Gasteiger partial charge >= 0.3 is 0 Å². The van der Waals surface area contributed by atoms with Gasteiger partial charge in [0.25, 0.3) is 0 Å². The molecule has 0 aliphatic heterocycles. The van der Waals surface area contributed by atoms with Crippen molar-refractivity contribution in [2.45, 2.75) is 20.8 Å². The van der Waals surface area contributed by atoms with Crippen LogP contribution < -0.4 is 0 Å². The second-order valence-electron chi connectivity index (χ2n) is 7.43. The van der Waals surface area contributed by atoms with E-state index in [4.69, 9.17) is 4.98 Å². The highest BCUT2D eigenvalue weighted by Gasteiger charge is 2.33. The van der Waals surface area contributed by atoms with E-state index in [9.17, 15) is 4.79 Å². The molecule has 1 aliphatic rings. The molecule has 0 bridgehead atoms. The van der Waals surface area contributed by atoms with Crippen LogP contribution in [0.3, 0.4) is 0 Å². The Morgan fingerprint density at radius 2 is 1.48 bits per heavy atom. The van der Waals surface area contributed by atoms with Gasteiger partial charge in [0.2, 0.25) is 0 Å². The Labute approximate surface area is 158 Å². The van der Waals surface area contributed by atoms with Gasteiger partial charge in [-0.05, 0) is 50.1 Å². The van der Waals surface area contributed by atoms with Crippen molar-refractivity contribution in [3.05, 3.63) is 88.5 Å². The SMILES string of the molecule is Cc1cc(C)cc(-c2nc3ccccc3c3c2C(=O)c2c(C)cccc2-3)c1. The molecule has 0 radical (unpaired) electrons. The third-order valence-electron chi connectivity index (χ3n) is 5.38. The van der Waals surface area contributed by atoms with E-state index in [1.807, 2.05) is 37.3 Å². The fraction of sp³-hybridized carbons (Fsp3) is 0.120. The standard InChI is InChI=1S/C25H19NO/c1-14-11-15(2)13-17(12-14)24-23-22(18-8-4-5-10-20(18)26-24)19-9-6-7-16(3)21(19)25(23)27/h4-13H,1-3H3. The fourth-order valence-corrected chi connectivity index (χ4v) is 4.34. The number of nitrogens with zero attached hydrogens (tertiary/aromatic N) is 1. The van der Waals surface area contributed by atoms with E-state index in [0.717, 1.165) is 50.0 Å². The number of carbonyl (C=O) groups is 1. The van der Waals surface area contributed by atoms with E-state index in [1.54, 1.807) is 0 Å². The molecule has 4 aromatic rings. The number of hydrogen-bond donors (Lipinski definition) is 0. The molecule has 130 valence electrons. The lowest BCUT2D eigenvalue weighted by Crippen LogP contribution is -2.02. The number of rotatable bonds is 1. The molecular formula is C25H19NO. The Hall–Kier alpha value is -3.26. The molecule has 0 saturated carbocycles. The fourth-order valence-electron chi connectivity index (χ4n) is 4.34. The van der Waals surface area contributed by atoms with Crippen LogP contribution in [0.5, 0.6) is 0 Å². The first-order valence-electron chi connectivity index (χ1n) is 9.20. The van der Waals surface area contributed by atoms with Gasteiger partial charge in [0.1, 0.15) is 0 Å². The van der Waals surface area contributed by atoms with E-state index in [-0.39, 0.29) is 5.78 Å². The van der Waals surface area contributed by atoms with Gasteiger partial charge in [-0.2, -0.15) is 0 Å². The van der Waals surface area contributed by atoms with Crippen LogP contribution in [-0.4, -0.2) is 10.8 Å². The van der Waals surface area contributed by atoms with Crippen LogP contribution in [0.2, 0.25) is 0 Å². The number of benzene rings is 3. The summed E-state index contributed by atoms with van der Waals surface area (Å²) in [5.74, 6) is 0.0884. The Kier molecular flexibility index (Phi) is 3.32. The molecule has 0 atom stereocenters. The molecule has 0 spiro atoms. The van der Waals surface area contributed by atoms with Gasteiger partial charge in [0.05, 0.1) is 16.8 Å². The molecule has 0 saturated heterocycles. The first-order chi connectivity index (χ1) is 13.0. The number of pyridine rings is 1. The van der Waals surface area contributed by atoms with Crippen molar-refractivity contribution in [1.82, 2.24) is 4.98 Å². The first-order valence-corrected chi connectivity index (χ1v) is 9.20. The van der Waals surface area contributed by atoms with Crippen molar-refractivity contribution in [2.24, 2.45) is 0 Å². The predicted octanol–water partition coefficient (Wildman–Crippen LogP) is 6.04. The Morgan fingerprint density at radius 1 is 0.741 bits per heavy atom. The van der Waals surface area contributed by atoms with Gasteiger partial charge < -0.3 is 0 Å². The molecule has 1 heterocycles. The lowest BCUT2D eigenvalue weighted by atomic mass is 9.95. The molecule has 3 aromatic carbocycles. The topological polar surface area (TPSA) is 30.0 Å². The summed E-state index contributed by atoms with van der Waals surface area (Å²) in [5, 5.41) is 1.04. The lowest BCUT2D eigenvalue weighted by Gasteiger charge is -2.12. The van der Waals surface area contributed by atoms with Crippen LogP contribution >= 0.6 is 0 Å². The van der Waals surface area contributed by atoms with Crippen molar-refractivity contribution in [3.8, 4) is 22.4 Å². The normalized spacial score (nSPS) is 12.3. The molecule has 0 unspecified atom stereocenters. The molecule has 27 heavy (non-hydrogen) atoms. The molecule has 2 nitrogen and oxygen atoms in total. The smallest absolute Gasteiger partial charge is 0.196 e. The van der Waals surface area contributed by atoms with E-state index in [1.165, 1.54) is 11.1 Å². The Morgan fingerprint density at radius 3 is 2.26 bits per heavy atom. The monoisotopic (exact) mass is 349 g/mol. The van der Waals surface area contributed by atoms with Gasteiger partial charge in [0.15, 0.2) is 5.78 Å². The quantitative estimate of drug-likeness (QED) is 0.369. The van der Waals surface area contributed by atoms with Gasteiger partial charge in [-0.15, -0.1) is 0 Å². The van der Waals surface area contributed by atoms with Crippen molar-refractivity contribution < 1.29 is 4.79 Å². The summed E-state index contributed by atoms with van der Waals surface area (Å²) >= 11 is 0. The zero-order chi connectivity index (χ0) is 18.7. The van der Waals surface area contributed by atoms with Gasteiger partial charge in [-0.25, -0.2) is 4.98 Å². The van der Waals surface area contributed by atoms with E-state index >= 15 is 0 Å². The highest BCUT2D eigenvalue weighted by molar-refractivity contribution is 6.28. The van der Waals surface area contributed by atoms with Crippen LogP contribution in [0.1, 0.15) is 32.6 Å². The Balaban J connectivity index is 1.96. The minimum absolute atomic E-state index is 0.0884. The average molecular weight is 349 g/mol. The number of carbonyl (C=O) groups excluding carboxylic acids is 1. The highest BCUT2D eigenvalue weighted by Crippen LogP contribution is 2.45. The summed E-state index contributed by atoms with van der Waals surface area (Å²) in [6.07, 6.45) is 0. The maximum Gasteiger partial charge on any atom is 0.196 e. The summed E-state index contributed by atoms with van der Waals surface area (Å²) in [5.41, 5.74) is 9.69. The Bertz CT molecular complexity index is 1250. The molecule has 1 aliphatic carbocycles. The summed E-state index contributed by atoms with van der Waals surface area (Å²) in [7, 11) is 0. The largest absolute Gasteiger partial charge is 0.288 e. The predicted molar refractivity (Wildman–Crippen MR) is 110 cm³/mol. The van der Waals surface area contributed by atoms with Crippen LogP contribution in [-0.2, 0) is 0 Å². The molecule has 5 rings (SSSR count). The lowest BCUT2D eigenvalue weighted by molar-refractivity contribution is 0.104. The molecule has 0 N–H and O–H groups in total. The van der Waals surface area contributed by atoms with Crippen LogP contribution in [0.4, 0.5) is 0 Å². The van der Waals surface area contributed by atoms with Gasteiger partial charge in [-0.1, -0.05) is 53.6 Å². The molecule has 0 amide bonds. The summed E-state index contributed by atoms with van der Waals surface area (Å²) in [6, 6.07) is 20.6. The van der Waals surface area contributed by atoms with Crippen LogP contribution in [0.15, 0.2) is 60.7 Å². The zero-order valence-corrected chi connectivity index (χ0v) is 15.6. The van der Waals surface area contributed by atoms with Gasteiger partial charge in [-0.3, -0.25) is 4.79 Å². The third kappa shape index (κ3) is 2.26. The number of aryl methyl sites for hydroxylation is 3. The highest BCUT2D eigenvalue weighted by atomic mass is 16.1. The summed E-state index contributed by atoms with van der Waals surface area (Å²) in [6.45, 7) is 6.17. The molecule has 1 aromatic heterocycles. The van der Waals surface area contributed by atoms with Crippen LogP contribution in [0, 0.1) is 20.8 Å². The maximum absolute atomic E-state index is 13.5. The number of hydrogen-bond acceptors (Lipinski definition) is 2. The number of para-hydroxylation sites is 1. The summed E-state index contributed by atoms with van der Waals surface area (Å²) < 4.78 is 0. The minimum Gasteiger partial charge on any atom is -0.288 e. The minimum atomic E-state index is 0.0884. The van der Waals surface area contributed by atoms with Crippen LogP contribution in [0.25, 0.3) is 33.3 Å². The zero-order valence-electron chi connectivity index (χ0n) is 15.6. The summed E-state index contributed by atoms with van der Waals surface area (Å²) in [4.78, 5) is 18.4. The van der Waals surface area contributed by atoms with E-state index in [0.29, 0.717) is 0 Å². The number of ketones is 1. The first kappa shape index (κ1) is 16.0. The molecular weight excluding hydrogens is 330 g/mol. The van der Waals surface area contributed by atoms with Gasteiger partial charge in [0, 0.05) is 22.1 Å². The third-order valence-corrected chi connectivity index (χ3v) is 5.38.